The number of carbonyl (C=O) groups excluding carboxylic acids is 1. The molecule has 33 heavy (non-hydrogen) atoms. The Balaban J connectivity index is 1.35. The summed E-state index contributed by atoms with van der Waals surface area (Å²) in [7, 11) is 0. The smallest absolute Gasteiger partial charge is 0.256 e. The van der Waals surface area contributed by atoms with E-state index in [0.29, 0.717) is 34.6 Å². The van der Waals surface area contributed by atoms with Crippen molar-refractivity contribution in [3.63, 3.8) is 0 Å². The molecule has 0 unspecified atom stereocenters. The Morgan fingerprint density at radius 3 is 2.42 bits per heavy atom. The fraction of sp³-hybridized carbons (Fsp3) is 0.154. The highest BCUT2D eigenvalue weighted by Gasteiger charge is 2.10. The molecule has 0 aliphatic rings. The van der Waals surface area contributed by atoms with Crippen LogP contribution in [0.4, 0.5) is 5.82 Å². The fourth-order valence-corrected chi connectivity index (χ4v) is 3.93. The molecule has 1 amide bonds. The van der Waals surface area contributed by atoms with E-state index in [4.69, 9.17) is 27.9 Å². The van der Waals surface area contributed by atoms with Crippen LogP contribution in [0, 0.1) is 13.8 Å². The van der Waals surface area contributed by atoms with E-state index < -0.39 is 0 Å². The molecular formula is C26H23Cl2N3O2. The second-order valence-corrected chi connectivity index (χ2v) is 8.64. The predicted molar refractivity (Wildman–Crippen MR) is 132 cm³/mol. The maximum absolute atomic E-state index is 12.6. The topological polar surface area (TPSA) is 56.1 Å². The average molecular weight is 480 g/mol. The highest BCUT2D eigenvalue weighted by molar-refractivity contribution is 6.35. The number of anilines is 1. The highest BCUT2D eigenvalue weighted by atomic mass is 35.5. The van der Waals surface area contributed by atoms with Crippen molar-refractivity contribution in [2.24, 2.45) is 0 Å². The second-order valence-electron chi connectivity index (χ2n) is 7.79. The van der Waals surface area contributed by atoms with Crippen molar-refractivity contribution >= 4 is 34.9 Å². The van der Waals surface area contributed by atoms with Gasteiger partial charge in [0, 0.05) is 27.9 Å². The molecule has 1 heterocycles. The number of aryl methyl sites for hydroxylation is 2. The molecule has 1 N–H and O–H groups in total. The van der Waals surface area contributed by atoms with Gasteiger partial charge < -0.3 is 10.1 Å². The number of para-hydroxylation sites is 1. The molecule has 4 rings (SSSR count). The van der Waals surface area contributed by atoms with Crippen LogP contribution < -0.4 is 10.1 Å². The van der Waals surface area contributed by atoms with E-state index in [1.807, 2.05) is 50.2 Å². The molecule has 0 saturated carbocycles. The van der Waals surface area contributed by atoms with Crippen LogP contribution in [-0.2, 0) is 13.2 Å². The van der Waals surface area contributed by atoms with E-state index in [2.05, 4.69) is 10.4 Å². The number of carbonyl (C=O) groups is 1. The number of aromatic nitrogens is 2. The van der Waals surface area contributed by atoms with Gasteiger partial charge in [0.15, 0.2) is 5.82 Å². The molecule has 5 nitrogen and oxygen atoms in total. The van der Waals surface area contributed by atoms with Gasteiger partial charge in [-0.3, -0.25) is 9.48 Å². The maximum Gasteiger partial charge on any atom is 0.256 e. The van der Waals surface area contributed by atoms with Crippen molar-refractivity contribution < 1.29 is 9.53 Å². The third-order valence-corrected chi connectivity index (χ3v) is 5.82. The molecule has 4 aromatic rings. The minimum atomic E-state index is -0.230. The number of nitrogens with one attached hydrogen (secondary N) is 1. The molecule has 0 spiro atoms. The molecular weight excluding hydrogens is 457 g/mol. The number of amides is 1. The summed E-state index contributed by atoms with van der Waals surface area (Å²) in [6, 6.07) is 20.5. The van der Waals surface area contributed by atoms with Crippen LogP contribution in [0.25, 0.3) is 0 Å². The normalized spacial score (nSPS) is 10.8. The summed E-state index contributed by atoms with van der Waals surface area (Å²) in [6.45, 7) is 4.97. The van der Waals surface area contributed by atoms with Crippen molar-refractivity contribution in [1.29, 1.82) is 0 Å². The molecule has 0 aliphatic carbocycles. The third-order valence-electron chi connectivity index (χ3n) is 5.24. The Labute approximate surface area is 202 Å². The number of halogens is 2. The number of rotatable bonds is 7. The van der Waals surface area contributed by atoms with Gasteiger partial charge in [0.05, 0.1) is 6.54 Å². The first kappa shape index (κ1) is 22.9. The van der Waals surface area contributed by atoms with Gasteiger partial charge in [0.2, 0.25) is 0 Å². The Morgan fingerprint density at radius 1 is 1.00 bits per heavy atom. The van der Waals surface area contributed by atoms with Crippen LogP contribution in [0.15, 0.2) is 72.9 Å². The lowest BCUT2D eigenvalue weighted by Crippen LogP contribution is -2.13. The molecule has 1 aromatic heterocycles. The standard InChI is InChI=1S/C26H23Cl2N3O2/c1-17-4-3-5-18(2)25(17)33-16-19-6-8-20(9-7-19)26(32)29-24-12-13-31(30-24)15-21-10-11-22(27)14-23(21)28/h3-14H,15-16H2,1-2H3,(H,29,30,32). The van der Waals surface area contributed by atoms with Gasteiger partial charge >= 0.3 is 0 Å². The maximum atomic E-state index is 12.6. The van der Waals surface area contributed by atoms with Crippen molar-refractivity contribution in [2.75, 3.05) is 5.32 Å². The molecule has 0 saturated heterocycles. The second kappa shape index (κ2) is 10.1. The number of ether oxygens (including phenoxy) is 1. The van der Waals surface area contributed by atoms with Crippen molar-refractivity contribution in [3.05, 3.63) is 111 Å². The molecule has 0 radical (unpaired) electrons. The predicted octanol–water partition coefficient (Wildman–Crippen LogP) is 6.69. The molecule has 0 atom stereocenters. The fourth-order valence-electron chi connectivity index (χ4n) is 3.46. The largest absolute Gasteiger partial charge is 0.488 e. The Morgan fingerprint density at radius 2 is 1.73 bits per heavy atom. The molecule has 0 aliphatic heterocycles. The van der Waals surface area contributed by atoms with Gasteiger partial charge in [-0.2, -0.15) is 5.10 Å². The number of hydrogen-bond acceptors (Lipinski definition) is 3. The van der Waals surface area contributed by atoms with Gasteiger partial charge in [0.1, 0.15) is 12.4 Å². The van der Waals surface area contributed by atoms with E-state index in [1.54, 1.807) is 41.2 Å². The van der Waals surface area contributed by atoms with E-state index in [-0.39, 0.29) is 5.91 Å². The van der Waals surface area contributed by atoms with Crippen molar-refractivity contribution in [1.82, 2.24) is 9.78 Å². The van der Waals surface area contributed by atoms with Crippen molar-refractivity contribution in [2.45, 2.75) is 27.0 Å². The molecule has 0 bridgehead atoms. The van der Waals surface area contributed by atoms with Crippen LogP contribution in [0.1, 0.15) is 32.6 Å². The first-order chi connectivity index (χ1) is 15.9. The Hall–Kier alpha value is -3.28. The SMILES string of the molecule is Cc1cccc(C)c1OCc1ccc(C(=O)Nc2ccn(Cc3ccc(Cl)cc3Cl)n2)cc1. The molecule has 0 fully saturated rings. The number of nitrogens with zero attached hydrogens (tertiary/aromatic N) is 2. The van der Waals surface area contributed by atoms with Gasteiger partial charge in [-0.1, -0.05) is 59.6 Å². The summed E-state index contributed by atoms with van der Waals surface area (Å²) < 4.78 is 7.69. The Bertz CT molecular complexity index is 1260. The lowest BCUT2D eigenvalue weighted by Gasteiger charge is -2.12. The summed E-state index contributed by atoms with van der Waals surface area (Å²) in [5.41, 5.74) is 4.62. The first-order valence-corrected chi connectivity index (χ1v) is 11.2. The lowest BCUT2D eigenvalue weighted by atomic mass is 10.1. The Kier molecular flexibility index (Phi) is 7.02. The van der Waals surface area contributed by atoms with Crippen LogP contribution in [0.2, 0.25) is 10.0 Å². The minimum absolute atomic E-state index is 0.230. The van der Waals surface area contributed by atoms with Crippen molar-refractivity contribution in [3.8, 4) is 5.75 Å². The zero-order chi connectivity index (χ0) is 23.4. The monoisotopic (exact) mass is 479 g/mol. The lowest BCUT2D eigenvalue weighted by molar-refractivity contribution is 0.102. The summed E-state index contributed by atoms with van der Waals surface area (Å²) in [4.78, 5) is 12.6. The third kappa shape index (κ3) is 5.75. The summed E-state index contributed by atoms with van der Waals surface area (Å²) >= 11 is 12.2. The van der Waals surface area contributed by atoms with Gasteiger partial charge in [-0.15, -0.1) is 0 Å². The summed E-state index contributed by atoms with van der Waals surface area (Å²) in [6.07, 6.45) is 1.79. The van der Waals surface area contributed by atoms with E-state index in [9.17, 15) is 4.79 Å². The number of hydrogen-bond donors (Lipinski definition) is 1. The van der Waals surface area contributed by atoms with E-state index in [0.717, 1.165) is 28.0 Å². The van der Waals surface area contributed by atoms with Gasteiger partial charge in [-0.05, 0) is 60.4 Å². The van der Waals surface area contributed by atoms with Crippen LogP contribution >= 0.6 is 23.2 Å². The summed E-state index contributed by atoms with van der Waals surface area (Å²) in [5.74, 6) is 1.13. The van der Waals surface area contributed by atoms with Crippen LogP contribution in [0.3, 0.4) is 0 Å². The minimum Gasteiger partial charge on any atom is -0.488 e. The highest BCUT2D eigenvalue weighted by Crippen LogP contribution is 2.24. The van der Waals surface area contributed by atoms with Gasteiger partial charge in [0.25, 0.3) is 5.91 Å². The molecule has 3 aromatic carbocycles. The molecule has 7 heteroatoms. The quantitative estimate of drug-likeness (QED) is 0.321. The number of benzene rings is 3. The molecule has 168 valence electrons. The van der Waals surface area contributed by atoms with Crippen LogP contribution in [0.5, 0.6) is 5.75 Å². The summed E-state index contributed by atoms with van der Waals surface area (Å²) in [5, 5.41) is 8.39. The first-order valence-electron chi connectivity index (χ1n) is 10.5. The van der Waals surface area contributed by atoms with Crippen LogP contribution in [-0.4, -0.2) is 15.7 Å². The van der Waals surface area contributed by atoms with E-state index >= 15 is 0 Å². The van der Waals surface area contributed by atoms with Gasteiger partial charge in [-0.25, -0.2) is 0 Å². The average Bonchev–Trinajstić information content (AvgIpc) is 3.22. The zero-order valence-electron chi connectivity index (χ0n) is 18.3. The zero-order valence-corrected chi connectivity index (χ0v) is 19.8. The van der Waals surface area contributed by atoms with E-state index in [1.165, 1.54) is 0 Å².